The number of alkyl halides is 3. The summed E-state index contributed by atoms with van der Waals surface area (Å²) in [5.41, 5.74) is 1.03. The van der Waals surface area contributed by atoms with Crippen molar-refractivity contribution in [2.75, 3.05) is 19.7 Å². The van der Waals surface area contributed by atoms with E-state index in [9.17, 15) is 21.9 Å². The lowest BCUT2D eigenvalue weighted by atomic mass is 9.90. The first kappa shape index (κ1) is 23.8. The van der Waals surface area contributed by atoms with E-state index >= 15 is 0 Å². The van der Waals surface area contributed by atoms with Crippen LogP contribution >= 0.6 is 0 Å². The van der Waals surface area contributed by atoms with Gasteiger partial charge in [0.25, 0.3) is 0 Å². The number of oxime groups is 1. The summed E-state index contributed by atoms with van der Waals surface area (Å²) >= 11 is -2.09. The maximum absolute atomic E-state index is 12.0. The van der Waals surface area contributed by atoms with Crippen LogP contribution in [0.4, 0.5) is 13.2 Å². The molecule has 0 amide bonds. The molecule has 1 aromatic carbocycles. The largest absolute Gasteiger partial charge is 0.760 e. The summed E-state index contributed by atoms with van der Waals surface area (Å²) in [5, 5.41) is 4.16. The molecule has 1 atom stereocenters. The van der Waals surface area contributed by atoms with E-state index in [0.29, 0.717) is 37.4 Å². The predicted molar refractivity (Wildman–Crippen MR) is 106 cm³/mol. The van der Waals surface area contributed by atoms with Crippen molar-refractivity contribution < 1.29 is 26.8 Å². The number of benzene rings is 1. The summed E-state index contributed by atoms with van der Waals surface area (Å²) in [5.74, 6) is 0.664. The van der Waals surface area contributed by atoms with Crippen molar-refractivity contribution in [2.24, 2.45) is 11.1 Å². The number of hydrogen-bond donors (Lipinski definition) is 0. The van der Waals surface area contributed by atoms with Crippen LogP contribution in [0.1, 0.15) is 56.1 Å². The third-order valence-electron chi connectivity index (χ3n) is 5.08. The van der Waals surface area contributed by atoms with Gasteiger partial charge in [-0.15, -0.1) is 0 Å². The fourth-order valence-electron chi connectivity index (χ4n) is 3.39. The van der Waals surface area contributed by atoms with Gasteiger partial charge in [0, 0.05) is 37.2 Å². The second-order valence-electron chi connectivity index (χ2n) is 7.47. The van der Waals surface area contributed by atoms with Crippen molar-refractivity contribution in [3.63, 3.8) is 0 Å². The quantitative estimate of drug-likeness (QED) is 0.504. The Labute approximate surface area is 172 Å². The predicted octanol–water partition coefficient (Wildman–Crippen LogP) is 4.84. The molecule has 1 unspecified atom stereocenters. The number of hydrogen-bond acceptors (Lipinski definition) is 4. The summed E-state index contributed by atoms with van der Waals surface area (Å²) < 4.78 is 58.8. The monoisotopic (exact) mass is 433 g/mol. The van der Waals surface area contributed by atoms with Crippen LogP contribution in [0.25, 0.3) is 0 Å². The van der Waals surface area contributed by atoms with Crippen molar-refractivity contribution in [2.45, 2.75) is 58.0 Å². The van der Waals surface area contributed by atoms with Gasteiger partial charge in [-0.2, -0.15) is 13.2 Å². The molecule has 29 heavy (non-hydrogen) atoms. The van der Waals surface area contributed by atoms with E-state index in [1.165, 1.54) is 42.5 Å². The van der Waals surface area contributed by atoms with Crippen LogP contribution in [-0.2, 0) is 22.3 Å². The van der Waals surface area contributed by atoms with E-state index in [1.54, 1.807) is 13.0 Å². The molecule has 3 rings (SSSR count). The topological polar surface area (TPSA) is 65.0 Å². The summed E-state index contributed by atoms with van der Waals surface area (Å²) in [6.45, 7) is 3.42. The molecule has 1 heterocycles. The Balaban J connectivity index is 0.000000234. The van der Waals surface area contributed by atoms with Crippen LogP contribution in [0, 0.1) is 12.8 Å². The highest BCUT2D eigenvalue weighted by Gasteiger charge is 2.29. The van der Waals surface area contributed by atoms with E-state index in [-0.39, 0.29) is 0 Å². The second-order valence-corrected chi connectivity index (χ2v) is 8.42. The second kappa shape index (κ2) is 11.7. The molecule has 1 aliphatic heterocycles. The van der Waals surface area contributed by atoms with Crippen molar-refractivity contribution >= 4 is 17.0 Å². The van der Waals surface area contributed by atoms with Gasteiger partial charge in [-0.1, -0.05) is 48.2 Å². The first-order chi connectivity index (χ1) is 13.8. The average molecular weight is 434 g/mol. The maximum Gasteiger partial charge on any atom is 0.416 e. The molecule has 1 aliphatic carbocycles. The van der Waals surface area contributed by atoms with Crippen LogP contribution < -0.4 is 0 Å². The Kier molecular flexibility index (Phi) is 9.58. The van der Waals surface area contributed by atoms with Gasteiger partial charge in [0.2, 0.25) is 0 Å². The fourth-order valence-corrected chi connectivity index (χ4v) is 3.87. The zero-order valence-corrected chi connectivity index (χ0v) is 17.4. The van der Waals surface area contributed by atoms with E-state index in [2.05, 4.69) is 5.16 Å². The van der Waals surface area contributed by atoms with Gasteiger partial charge in [-0.3, -0.25) is 4.21 Å². The molecule has 2 aliphatic rings. The maximum atomic E-state index is 12.0. The molecule has 2 fully saturated rings. The first-order valence-electron chi connectivity index (χ1n) is 9.91. The lowest BCUT2D eigenvalue weighted by Crippen LogP contribution is -2.35. The van der Waals surface area contributed by atoms with Gasteiger partial charge in [-0.05, 0) is 31.7 Å². The minimum atomic E-state index is -4.22. The summed E-state index contributed by atoms with van der Waals surface area (Å²) in [6, 6.07) is 5.22. The molecule has 9 heteroatoms. The highest BCUT2D eigenvalue weighted by atomic mass is 32.2. The molecule has 1 saturated heterocycles. The SMILES string of the molecule is Cc1cccc(C(F)(F)F)c1.O=S([O-])N1CCC(=NOCC2CCCCC2)CC1. The number of aryl methyl sites for hydroxylation is 1. The standard InChI is InChI=1S/C12H22N2O3S.C8H7F3/c15-18(16)14-8-6-12(7-9-14)13-17-10-11-4-2-1-3-5-11;1-6-3-2-4-7(5-6)8(9,10)11/h11H,1-10H2,(H,15,16);2-5H,1H3/p-1. The first-order valence-corrected chi connectivity index (χ1v) is 10.9. The van der Waals surface area contributed by atoms with E-state index in [0.717, 1.165) is 24.5 Å². The third-order valence-corrected chi connectivity index (χ3v) is 5.87. The highest BCUT2D eigenvalue weighted by Crippen LogP contribution is 2.29. The lowest BCUT2D eigenvalue weighted by Gasteiger charge is -2.28. The number of nitrogens with zero attached hydrogens (tertiary/aromatic N) is 2. The summed E-state index contributed by atoms with van der Waals surface area (Å²) in [7, 11) is 0. The minimum Gasteiger partial charge on any atom is -0.760 e. The van der Waals surface area contributed by atoms with Crippen molar-refractivity contribution in [1.82, 2.24) is 4.31 Å². The molecule has 0 spiro atoms. The third kappa shape index (κ3) is 8.84. The van der Waals surface area contributed by atoms with Gasteiger partial charge in [0.1, 0.15) is 6.61 Å². The fraction of sp³-hybridized carbons (Fsp3) is 0.650. The van der Waals surface area contributed by atoms with E-state index in [4.69, 9.17) is 4.84 Å². The lowest BCUT2D eigenvalue weighted by molar-refractivity contribution is -0.137. The highest BCUT2D eigenvalue weighted by molar-refractivity contribution is 7.76. The van der Waals surface area contributed by atoms with Crippen LogP contribution in [0.3, 0.4) is 0 Å². The molecule has 0 bridgehead atoms. The zero-order valence-electron chi connectivity index (χ0n) is 16.6. The molecule has 1 aromatic rings. The zero-order chi connectivity index (χ0) is 21.3. The number of rotatable bonds is 4. The van der Waals surface area contributed by atoms with Gasteiger partial charge < -0.3 is 9.39 Å². The molecule has 0 radical (unpaired) electrons. The van der Waals surface area contributed by atoms with Crippen molar-refractivity contribution in [3.8, 4) is 0 Å². The van der Waals surface area contributed by atoms with Crippen LogP contribution in [0.15, 0.2) is 29.4 Å². The Morgan fingerprint density at radius 3 is 2.38 bits per heavy atom. The van der Waals surface area contributed by atoms with Crippen molar-refractivity contribution in [1.29, 1.82) is 0 Å². The van der Waals surface area contributed by atoms with Gasteiger partial charge in [0.05, 0.1) is 11.3 Å². The Morgan fingerprint density at radius 1 is 1.21 bits per heavy atom. The van der Waals surface area contributed by atoms with E-state index < -0.39 is 23.0 Å². The van der Waals surface area contributed by atoms with E-state index in [1.807, 2.05) is 0 Å². The van der Waals surface area contributed by atoms with Crippen LogP contribution in [0.2, 0.25) is 0 Å². The Morgan fingerprint density at radius 2 is 1.86 bits per heavy atom. The average Bonchev–Trinajstić information content (AvgIpc) is 2.69. The van der Waals surface area contributed by atoms with Gasteiger partial charge in [0.15, 0.2) is 0 Å². The molecule has 0 N–H and O–H groups in total. The number of piperidine rings is 1. The summed E-state index contributed by atoms with van der Waals surface area (Å²) in [4.78, 5) is 5.42. The molecular formula is C20H28F3N2O3S-. The normalized spacial score (nSPS) is 19.8. The Bertz CT molecular complexity index is 682. The van der Waals surface area contributed by atoms with Crippen LogP contribution in [-0.4, -0.2) is 38.5 Å². The Hall–Kier alpha value is -1.45. The van der Waals surface area contributed by atoms with Gasteiger partial charge >= 0.3 is 6.18 Å². The summed E-state index contributed by atoms with van der Waals surface area (Å²) in [6.07, 6.45) is 3.67. The smallest absolute Gasteiger partial charge is 0.416 e. The van der Waals surface area contributed by atoms with Gasteiger partial charge in [-0.25, -0.2) is 4.31 Å². The molecular weight excluding hydrogens is 405 g/mol. The molecule has 5 nitrogen and oxygen atoms in total. The molecule has 1 saturated carbocycles. The number of halogens is 3. The minimum absolute atomic E-state index is 0.529. The van der Waals surface area contributed by atoms with Crippen molar-refractivity contribution in [3.05, 3.63) is 35.4 Å². The van der Waals surface area contributed by atoms with Crippen LogP contribution in [0.5, 0.6) is 0 Å². The molecule has 164 valence electrons. The molecule has 0 aromatic heterocycles.